The van der Waals surface area contributed by atoms with E-state index < -0.39 is 5.56 Å². The summed E-state index contributed by atoms with van der Waals surface area (Å²) in [6.45, 7) is 1.61. The number of rotatable bonds is 0. The summed E-state index contributed by atoms with van der Waals surface area (Å²) in [4.78, 5) is 21.1. The van der Waals surface area contributed by atoms with Gasteiger partial charge >= 0.3 is 0 Å². The molecule has 0 spiro atoms. The smallest absolute Gasteiger partial charge is 0.262 e. The lowest BCUT2D eigenvalue weighted by Crippen LogP contribution is -2.10. The number of nitrogens with one attached hydrogen (secondary N) is 2. The van der Waals surface area contributed by atoms with Crippen molar-refractivity contribution < 1.29 is 10.2 Å². The van der Waals surface area contributed by atoms with Crippen LogP contribution in [0.3, 0.4) is 0 Å². The van der Waals surface area contributed by atoms with E-state index in [1.807, 2.05) is 0 Å². The summed E-state index contributed by atoms with van der Waals surface area (Å²) in [5, 5.41) is 20.1. The molecule has 0 radical (unpaired) electrons. The number of aromatic amines is 2. The largest absolute Gasteiger partial charge is 0.504 e. The van der Waals surface area contributed by atoms with Crippen molar-refractivity contribution in [1.82, 2.24) is 15.0 Å². The number of fused-ring (bicyclic) bond motifs is 3. The summed E-state index contributed by atoms with van der Waals surface area (Å²) in [6.07, 6.45) is 0. The van der Waals surface area contributed by atoms with Crippen LogP contribution >= 0.6 is 0 Å². The van der Waals surface area contributed by atoms with Crippen molar-refractivity contribution in [3.63, 3.8) is 0 Å². The molecule has 92 valence electrons. The quantitative estimate of drug-likeness (QED) is 0.373. The number of phenols is 2. The molecule has 0 unspecified atom stereocenters. The minimum atomic E-state index is -0.392. The third kappa shape index (κ3) is 1.18. The summed E-state index contributed by atoms with van der Waals surface area (Å²) in [5.41, 5.74) is 6.31. The van der Waals surface area contributed by atoms with E-state index >= 15 is 0 Å². The number of H-pyrrole nitrogens is 2. The highest BCUT2D eigenvalue weighted by Gasteiger charge is 2.16. The van der Waals surface area contributed by atoms with E-state index in [4.69, 9.17) is 5.73 Å². The Bertz CT molecular complexity index is 847. The van der Waals surface area contributed by atoms with Crippen molar-refractivity contribution in [3.05, 3.63) is 22.0 Å². The lowest BCUT2D eigenvalue weighted by Gasteiger charge is -2.03. The number of benzene rings is 1. The zero-order chi connectivity index (χ0) is 13.0. The number of nitrogens with zero attached hydrogens (tertiary/aromatic N) is 1. The average Bonchev–Trinajstić information content (AvgIpc) is 2.64. The van der Waals surface area contributed by atoms with Crippen LogP contribution in [-0.2, 0) is 0 Å². The molecule has 0 aliphatic rings. The molecule has 0 atom stereocenters. The van der Waals surface area contributed by atoms with Crippen LogP contribution < -0.4 is 11.3 Å². The first-order valence-corrected chi connectivity index (χ1v) is 5.21. The van der Waals surface area contributed by atoms with E-state index in [1.165, 1.54) is 6.07 Å². The normalized spacial score (nSPS) is 11.4. The molecule has 0 aliphatic heterocycles. The van der Waals surface area contributed by atoms with Gasteiger partial charge in [-0.3, -0.25) is 9.78 Å². The minimum Gasteiger partial charge on any atom is -0.504 e. The SMILES string of the molecule is Cc1c(O)c(O)cc2[nH]c3nc(N)[nH]c(=O)c3c12. The number of phenolic OH excluding ortho intramolecular Hbond substituents is 2. The van der Waals surface area contributed by atoms with Gasteiger partial charge in [-0.15, -0.1) is 0 Å². The maximum atomic E-state index is 11.9. The molecule has 1 aromatic carbocycles. The van der Waals surface area contributed by atoms with E-state index in [0.717, 1.165) is 0 Å². The molecule has 0 saturated heterocycles. The number of nitrogen functional groups attached to an aromatic ring is 1. The van der Waals surface area contributed by atoms with Gasteiger partial charge in [-0.05, 0) is 6.92 Å². The molecule has 0 aliphatic carbocycles. The predicted octanol–water partition coefficient (Wildman–Crippen LogP) is 0.706. The number of aromatic hydroxyl groups is 2. The third-order valence-corrected chi connectivity index (χ3v) is 2.96. The molecular weight excluding hydrogens is 236 g/mol. The van der Waals surface area contributed by atoms with Gasteiger partial charge in [0.05, 0.1) is 10.9 Å². The van der Waals surface area contributed by atoms with E-state index in [-0.39, 0.29) is 17.4 Å². The van der Waals surface area contributed by atoms with E-state index in [9.17, 15) is 15.0 Å². The third-order valence-electron chi connectivity index (χ3n) is 2.96. The molecule has 0 fully saturated rings. The highest BCUT2D eigenvalue weighted by atomic mass is 16.3. The monoisotopic (exact) mass is 246 g/mol. The van der Waals surface area contributed by atoms with Crippen molar-refractivity contribution >= 4 is 27.9 Å². The average molecular weight is 246 g/mol. The van der Waals surface area contributed by atoms with Crippen molar-refractivity contribution in [2.24, 2.45) is 0 Å². The zero-order valence-electron chi connectivity index (χ0n) is 9.40. The fraction of sp³-hybridized carbons (Fsp3) is 0.0909. The fourth-order valence-electron chi connectivity index (χ4n) is 2.15. The number of aromatic nitrogens is 3. The molecular formula is C11H10N4O3. The van der Waals surface area contributed by atoms with Crippen molar-refractivity contribution in [2.75, 3.05) is 5.73 Å². The first-order chi connectivity index (χ1) is 8.49. The Balaban J connectivity index is 2.67. The molecule has 18 heavy (non-hydrogen) atoms. The van der Waals surface area contributed by atoms with E-state index in [2.05, 4.69) is 15.0 Å². The molecule has 2 heterocycles. The first-order valence-electron chi connectivity index (χ1n) is 5.21. The van der Waals surface area contributed by atoms with E-state index in [1.54, 1.807) is 6.92 Å². The number of hydrogen-bond donors (Lipinski definition) is 5. The Morgan fingerprint density at radius 3 is 2.72 bits per heavy atom. The predicted molar refractivity (Wildman–Crippen MR) is 66.7 cm³/mol. The minimum absolute atomic E-state index is 0.00477. The molecule has 2 aromatic heterocycles. The van der Waals surface area contributed by atoms with Gasteiger partial charge in [-0.1, -0.05) is 0 Å². The molecule has 6 N–H and O–H groups in total. The maximum absolute atomic E-state index is 11.9. The highest BCUT2D eigenvalue weighted by molar-refractivity contribution is 6.08. The first kappa shape index (κ1) is 10.5. The highest BCUT2D eigenvalue weighted by Crippen LogP contribution is 2.37. The van der Waals surface area contributed by atoms with Gasteiger partial charge in [0.2, 0.25) is 5.95 Å². The van der Waals surface area contributed by atoms with Gasteiger partial charge < -0.3 is 20.9 Å². The Morgan fingerprint density at radius 1 is 1.28 bits per heavy atom. The summed E-state index contributed by atoms with van der Waals surface area (Å²) in [5.74, 6) is -0.499. The zero-order valence-corrected chi connectivity index (χ0v) is 9.40. The second kappa shape index (κ2) is 3.16. The standard InChI is InChI=1S/C11H10N4O3/c1-3-6-4(2-5(16)8(3)17)13-9-7(6)10(18)15-11(12)14-9/h2,16-17H,1H3,(H4,12,13,14,15,18). The lowest BCUT2D eigenvalue weighted by atomic mass is 10.1. The number of nitrogens with two attached hydrogens (primary N) is 1. The van der Waals surface area contributed by atoms with Crippen molar-refractivity contribution in [1.29, 1.82) is 0 Å². The number of aryl methyl sites for hydroxylation is 1. The molecule has 0 bridgehead atoms. The van der Waals surface area contributed by atoms with Crippen LogP contribution in [0.15, 0.2) is 10.9 Å². The Labute approximate surface area is 99.9 Å². The Kier molecular flexibility index (Phi) is 1.83. The van der Waals surface area contributed by atoms with Gasteiger partial charge in [0.15, 0.2) is 11.5 Å². The van der Waals surface area contributed by atoms with Gasteiger partial charge in [0.25, 0.3) is 5.56 Å². The van der Waals surface area contributed by atoms with Gasteiger partial charge in [-0.25, -0.2) is 0 Å². The van der Waals surface area contributed by atoms with Crippen LogP contribution in [0, 0.1) is 6.92 Å². The molecule has 0 saturated carbocycles. The number of hydrogen-bond acceptors (Lipinski definition) is 5. The summed E-state index contributed by atoms with van der Waals surface area (Å²) < 4.78 is 0. The summed E-state index contributed by atoms with van der Waals surface area (Å²) >= 11 is 0. The second-order valence-electron chi connectivity index (χ2n) is 4.09. The molecule has 7 heteroatoms. The van der Waals surface area contributed by atoms with Crippen LogP contribution in [0.4, 0.5) is 5.95 Å². The van der Waals surface area contributed by atoms with E-state index in [0.29, 0.717) is 27.5 Å². The number of anilines is 1. The topological polar surface area (TPSA) is 128 Å². The Morgan fingerprint density at radius 2 is 2.00 bits per heavy atom. The molecule has 3 aromatic rings. The maximum Gasteiger partial charge on any atom is 0.262 e. The van der Waals surface area contributed by atoms with Gasteiger partial charge in [0, 0.05) is 17.0 Å². The lowest BCUT2D eigenvalue weighted by molar-refractivity contribution is 0.402. The fourth-order valence-corrected chi connectivity index (χ4v) is 2.15. The molecule has 3 rings (SSSR count). The second-order valence-corrected chi connectivity index (χ2v) is 4.09. The Hall–Kier alpha value is -2.70. The van der Waals surface area contributed by atoms with Crippen molar-refractivity contribution in [3.8, 4) is 11.5 Å². The van der Waals surface area contributed by atoms with Crippen LogP contribution in [0.2, 0.25) is 0 Å². The molecule has 0 amide bonds. The van der Waals surface area contributed by atoms with Crippen LogP contribution in [0.1, 0.15) is 5.56 Å². The molecule has 7 nitrogen and oxygen atoms in total. The van der Waals surface area contributed by atoms with Crippen LogP contribution in [-0.4, -0.2) is 25.2 Å². The van der Waals surface area contributed by atoms with Crippen molar-refractivity contribution in [2.45, 2.75) is 6.92 Å². The van der Waals surface area contributed by atoms with Gasteiger partial charge in [-0.2, -0.15) is 4.98 Å². The summed E-state index contributed by atoms with van der Waals surface area (Å²) in [6, 6.07) is 1.34. The van der Waals surface area contributed by atoms with Crippen LogP contribution in [0.25, 0.3) is 21.9 Å². The summed E-state index contributed by atoms with van der Waals surface area (Å²) in [7, 11) is 0. The van der Waals surface area contributed by atoms with Crippen LogP contribution in [0.5, 0.6) is 11.5 Å². The van der Waals surface area contributed by atoms with Gasteiger partial charge in [0.1, 0.15) is 5.65 Å².